The smallest absolute Gasteiger partial charge is 0.332 e. The molecule has 3 aromatic heterocycles. The third kappa shape index (κ3) is 2.50. The standard InChI is InChI=1S/C16H23N5O4/c1-10-11(2)21-12-13(17-15(21)19(10)6-4-8-22)18(3)16(25)20(14(12)24)7-5-9-23/h22-23H,4-9H2,1-3H3. The molecule has 0 amide bonds. The SMILES string of the molecule is Cc1c(C)n2c3c(=O)n(CCCO)c(=O)n(C)c3nc2n1CCCO. The molecule has 9 nitrogen and oxygen atoms in total. The minimum Gasteiger partial charge on any atom is -0.396 e. The Morgan fingerprint density at radius 2 is 1.56 bits per heavy atom. The van der Waals surface area contributed by atoms with Gasteiger partial charge in [0.2, 0.25) is 5.78 Å². The molecular formula is C16H23N5O4. The molecule has 0 aliphatic rings. The van der Waals surface area contributed by atoms with Crippen LogP contribution in [0.15, 0.2) is 9.59 Å². The lowest BCUT2D eigenvalue weighted by Gasteiger charge is -2.07. The Kier molecular flexibility index (Phi) is 4.53. The summed E-state index contributed by atoms with van der Waals surface area (Å²) in [6.45, 7) is 4.56. The van der Waals surface area contributed by atoms with E-state index in [1.165, 1.54) is 4.57 Å². The molecule has 0 bridgehead atoms. The summed E-state index contributed by atoms with van der Waals surface area (Å²) in [4.78, 5) is 29.9. The number of imidazole rings is 2. The summed E-state index contributed by atoms with van der Waals surface area (Å²) >= 11 is 0. The summed E-state index contributed by atoms with van der Waals surface area (Å²) in [5.74, 6) is 0.588. The second-order valence-corrected chi connectivity index (χ2v) is 6.19. The van der Waals surface area contributed by atoms with Crippen molar-refractivity contribution < 1.29 is 10.2 Å². The molecule has 0 aliphatic carbocycles. The fourth-order valence-corrected chi connectivity index (χ4v) is 3.24. The molecular weight excluding hydrogens is 326 g/mol. The quantitative estimate of drug-likeness (QED) is 0.626. The van der Waals surface area contributed by atoms with Crippen molar-refractivity contribution in [3.8, 4) is 0 Å². The number of hydrogen-bond donors (Lipinski definition) is 2. The number of nitrogens with zero attached hydrogens (tertiary/aromatic N) is 5. The van der Waals surface area contributed by atoms with Gasteiger partial charge in [0.1, 0.15) is 0 Å². The Bertz CT molecular complexity index is 1050. The summed E-state index contributed by atoms with van der Waals surface area (Å²) in [7, 11) is 1.59. The highest BCUT2D eigenvalue weighted by molar-refractivity contribution is 5.76. The highest BCUT2D eigenvalue weighted by atomic mass is 16.3. The number of aromatic nitrogens is 5. The van der Waals surface area contributed by atoms with Gasteiger partial charge in [-0.15, -0.1) is 0 Å². The Morgan fingerprint density at radius 1 is 0.960 bits per heavy atom. The first-order valence-corrected chi connectivity index (χ1v) is 8.33. The predicted molar refractivity (Wildman–Crippen MR) is 93.1 cm³/mol. The van der Waals surface area contributed by atoms with E-state index in [2.05, 4.69) is 4.98 Å². The average Bonchev–Trinajstić information content (AvgIpc) is 3.09. The van der Waals surface area contributed by atoms with Crippen LogP contribution in [-0.2, 0) is 20.1 Å². The molecule has 0 saturated carbocycles. The molecule has 0 radical (unpaired) electrons. The van der Waals surface area contributed by atoms with Gasteiger partial charge in [0, 0.05) is 44.7 Å². The minimum atomic E-state index is -0.442. The zero-order valence-corrected chi connectivity index (χ0v) is 14.7. The molecule has 2 N–H and O–H groups in total. The predicted octanol–water partition coefficient (Wildman–Crippen LogP) is -0.469. The maximum absolute atomic E-state index is 12.9. The van der Waals surface area contributed by atoms with Gasteiger partial charge in [0.05, 0.1) is 0 Å². The Labute approximate surface area is 143 Å². The van der Waals surface area contributed by atoms with E-state index in [0.29, 0.717) is 36.3 Å². The van der Waals surface area contributed by atoms with Crippen molar-refractivity contribution in [1.29, 1.82) is 0 Å². The summed E-state index contributed by atoms with van der Waals surface area (Å²) in [5.41, 5.74) is 1.70. The number of fused-ring (bicyclic) bond motifs is 3. The van der Waals surface area contributed by atoms with Crippen LogP contribution >= 0.6 is 0 Å². The molecule has 0 atom stereocenters. The summed E-state index contributed by atoms with van der Waals surface area (Å²) in [6, 6.07) is 0. The van der Waals surface area contributed by atoms with E-state index < -0.39 is 11.2 Å². The van der Waals surface area contributed by atoms with Crippen molar-refractivity contribution in [1.82, 2.24) is 23.1 Å². The number of hydrogen-bond acceptors (Lipinski definition) is 5. The third-order valence-electron chi connectivity index (χ3n) is 4.71. The van der Waals surface area contributed by atoms with Crippen LogP contribution in [-0.4, -0.2) is 46.5 Å². The number of aryl methyl sites for hydroxylation is 3. The minimum absolute atomic E-state index is 0.0650. The molecule has 3 aromatic rings. The van der Waals surface area contributed by atoms with Crippen molar-refractivity contribution >= 4 is 16.9 Å². The van der Waals surface area contributed by atoms with Crippen LogP contribution in [0.5, 0.6) is 0 Å². The van der Waals surface area contributed by atoms with Gasteiger partial charge in [-0.05, 0) is 26.7 Å². The molecule has 3 rings (SSSR count). The van der Waals surface area contributed by atoms with Gasteiger partial charge in [0.25, 0.3) is 5.56 Å². The lowest BCUT2D eigenvalue weighted by atomic mass is 10.3. The Hall–Kier alpha value is -2.39. The molecule has 0 spiro atoms. The fourth-order valence-electron chi connectivity index (χ4n) is 3.24. The Morgan fingerprint density at radius 3 is 2.16 bits per heavy atom. The maximum Gasteiger partial charge on any atom is 0.332 e. The van der Waals surface area contributed by atoms with Crippen LogP contribution < -0.4 is 11.2 Å². The van der Waals surface area contributed by atoms with Crippen molar-refractivity contribution in [2.75, 3.05) is 13.2 Å². The molecule has 0 aromatic carbocycles. The monoisotopic (exact) mass is 349 g/mol. The first-order chi connectivity index (χ1) is 11.9. The first kappa shape index (κ1) is 17.4. The molecule has 25 heavy (non-hydrogen) atoms. The lowest BCUT2D eigenvalue weighted by Crippen LogP contribution is -2.39. The zero-order valence-electron chi connectivity index (χ0n) is 14.7. The van der Waals surface area contributed by atoms with E-state index in [0.717, 1.165) is 16.0 Å². The highest BCUT2D eigenvalue weighted by Gasteiger charge is 2.22. The van der Waals surface area contributed by atoms with E-state index in [1.54, 1.807) is 11.4 Å². The van der Waals surface area contributed by atoms with Crippen LogP contribution in [0, 0.1) is 13.8 Å². The van der Waals surface area contributed by atoms with Gasteiger partial charge in [-0.3, -0.25) is 18.3 Å². The number of aliphatic hydroxyl groups excluding tert-OH is 2. The fraction of sp³-hybridized carbons (Fsp3) is 0.562. The summed E-state index contributed by atoms with van der Waals surface area (Å²) in [6.07, 6.45) is 0.908. The summed E-state index contributed by atoms with van der Waals surface area (Å²) < 4.78 is 6.24. The van der Waals surface area contributed by atoms with Gasteiger partial charge < -0.3 is 14.8 Å². The maximum atomic E-state index is 12.9. The third-order valence-corrected chi connectivity index (χ3v) is 4.71. The molecule has 0 fully saturated rings. The van der Waals surface area contributed by atoms with Crippen molar-refractivity contribution in [3.63, 3.8) is 0 Å². The van der Waals surface area contributed by atoms with E-state index in [-0.39, 0.29) is 19.8 Å². The normalized spacial score (nSPS) is 11.9. The second kappa shape index (κ2) is 6.49. The van der Waals surface area contributed by atoms with Crippen LogP contribution in [0.3, 0.4) is 0 Å². The van der Waals surface area contributed by atoms with E-state index >= 15 is 0 Å². The van der Waals surface area contributed by atoms with Crippen LogP contribution in [0.4, 0.5) is 0 Å². The van der Waals surface area contributed by atoms with E-state index in [1.807, 2.05) is 18.4 Å². The molecule has 3 heterocycles. The van der Waals surface area contributed by atoms with Gasteiger partial charge in [-0.1, -0.05) is 0 Å². The van der Waals surface area contributed by atoms with Gasteiger partial charge in [0.15, 0.2) is 11.2 Å². The van der Waals surface area contributed by atoms with Gasteiger partial charge in [-0.2, -0.15) is 4.98 Å². The van der Waals surface area contributed by atoms with E-state index in [4.69, 9.17) is 10.2 Å². The van der Waals surface area contributed by atoms with Gasteiger partial charge >= 0.3 is 5.69 Å². The average molecular weight is 349 g/mol. The van der Waals surface area contributed by atoms with Crippen LogP contribution in [0.25, 0.3) is 16.9 Å². The lowest BCUT2D eigenvalue weighted by molar-refractivity contribution is 0.277. The zero-order chi connectivity index (χ0) is 18.3. The molecule has 0 aliphatic heterocycles. The number of rotatable bonds is 6. The number of aliphatic hydroxyl groups is 2. The Balaban J connectivity index is 2.40. The van der Waals surface area contributed by atoms with Crippen molar-refractivity contribution in [2.45, 2.75) is 39.8 Å². The second-order valence-electron chi connectivity index (χ2n) is 6.19. The highest BCUT2D eigenvalue weighted by Crippen LogP contribution is 2.20. The van der Waals surface area contributed by atoms with Gasteiger partial charge in [-0.25, -0.2) is 4.79 Å². The van der Waals surface area contributed by atoms with Crippen LogP contribution in [0.2, 0.25) is 0 Å². The van der Waals surface area contributed by atoms with E-state index in [9.17, 15) is 9.59 Å². The topological polar surface area (TPSA) is 107 Å². The van der Waals surface area contributed by atoms with Crippen molar-refractivity contribution in [2.24, 2.45) is 7.05 Å². The molecule has 9 heteroatoms. The summed E-state index contributed by atoms with van der Waals surface area (Å²) in [5, 5.41) is 18.1. The van der Waals surface area contributed by atoms with Crippen LogP contribution in [0.1, 0.15) is 24.2 Å². The molecule has 0 unspecified atom stereocenters. The molecule has 0 saturated heterocycles. The first-order valence-electron chi connectivity index (χ1n) is 8.33. The molecule has 136 valence electrons. The van der Waals surface area contributed by atoms with Crippen molar-refractivity contribution in [3.05, 3.63) is 32.2 Å². The largest absolute Gasteiger partial charge is 0.396 e.